The van der Waals surface area contributed by atoms with Crippen LogP contribution in [0.4, 0.5) is 4.79 Å². The summed E-state index contributed by atoms with van der Waals surface area (Å²) in [5.74, 6) is -1.58. The first-order valence-corrected chi connectivity index (χ1v) is 8.01. The lowest BCUT2D eigenvalue weighted by atomic mass is 10.2. The number of imide groups is 1. The number of carbonyl (C=O) groups is 3. The van der Waals surface area contributed by atoms with E-state index in [1.165, 1.54) is 25.2 Å². The standard InChI is InChI=1S/C13H14N2O7S/c1-14-23(19,20)10-4-2-3-9(7-10)12(17)22-8-11(16)15-5-6-21-13(15)18/h2-4,7,14H,5-6,8H2,1H3. The molecule has 0 saturated carbocycles. The summed E-state index contributed by atoms with van der Waals surface area (Å²) in [7, 11) is -2.46. The van der Waals surface area contributed by atoms with Gasteiger partial charge in [-0.1, -0.05) is 6.07 Å². The van der Waals surface area contributed by atoms with Gasteiger partial charge in [-0.15, -0.1) is 0 Å². The summed E-state index contributed by atoms with van der Waals surface area (Å²) in [4.78, 5) is 35.5. The summed E-state index contributed by atoms with van der Waals surface area (Å²) < 4.78 is 34.9. The number of rotatable bonds is 5. The number of benzene rings is 1. The molecule has 0 aliphatic carbocycles. The molecule has 0 bridgehead atoms. The minimum absolute atomic E-state index is 0.0295. The van der Waals surface area contributed by atoms with Crippen LogP contribution in [0.15, 0.2) is 29.2 Å². The van der Waals surface area contributed by atoms with Crippen LogP contribution in [0.3, 0.4) is 0 Å². The van der Waals surface area contributed by atoms with Crippen LogP contribution in [0.5, 0.6) is 0 Å². The van der Waals surface area contributed by atoms with E-state index in [0.29, 0.717) is 0 Å². The Morgan fingerprint density at radius 2 is 2.13 bits per heavy atom. The van der Waals surface area contributed by atoms with Crippen LogP contribution < -0.4 is 4.72 Å². The maximum absolute atomic E-state index is 11.9. The second-order valence-corrected chi connectivity index (χ2v) is 6.36. The van der Waals surface area contributed by atoms with Crippen molar-refractivity contribution in [2.45, 2.75) is 4.90 Å². The summed E-state index contributed by atoms with van der Waals surface area (Å²) in [5.41, 5.74) is -0.0295. The van der Waals surface area contributed by atoms with Crippen molar-refractivity contribution in [3.8, 4) is 0 Å². The number of carbonyl (C=O) groups excluding carboxylic acids is 3. The monoisotopic (exact) mass is 342 g/mol. The van der Waals surface area contributed by atoms with E-state index in [2.05, 4.69) is 9.46 Å². The smallest absolute Gasteiger partial charge is 0.416 e. The molecule has 1 fully saturated rings. The van der Waals surface area contributed by atoms with Crippen molar-refractivity contribution >= 4 is 28.0 Å². The predicted molar refractivity (Wildman–Crippen MR) is 76.0 cm³/mol. The Morgan fingerprint density at radius 3 is 2.74 bits per heavy atom. The maximum atomic E-state index is 11.9. The molecule has 1 aromatic rings. The predicted octanol–water partition coefficient (Wildman–Crippen LogP) is -0.270. The number of ether oxygens (including phenoxy) is 2. The number of amides is 2. The van der Waals surface area contributed by atoms with E-state index in [-0.39, 0.29) is 23.6 Å². The van der Waals surface area contributed by atoms with Crippen molar-refractivity contribution in [3.63, 3.8) is 0 Å². The SMILES string of the molecule is CNS(=O)(=O)c1cccc(C(=O)OCC(=O)N2CCOC2=O)c1. The molecule has 10 heteroatoms. The number of hydrogen-bond acceptors (Lipinski definition) is 7. The number of hydrogen-bond donors (Lipinski definition) is 1. The van der Waals surface area contributed by atoms with Gasteiger partial charge in [0.2, 0.25) is 10.0 Å². The Bertz CT molecular complexity index is 744. The average Bonchev–Trinajstić information content (AvgIpc) is 2.98. The molecule has 0 radical (unpaired) electrons. The fourth-order valence-corrected chi connectivity index (χ4v) is 2.59. The molecule has 1 aromatic carbocycles. The molecule has 1 saturated heterocycles. The van der Waals surface area contributed by atoms with Crippen molar-refractivity contribution in [2.75, 3.05) is 26.8 Å². The minimum atomic E-state index is -3.70. The fourth-order valence-electron chi connectivity index (χ4n) is 1.82. The normalized spacial score (nSPS) is 14.5. The molecular weight excluding hydrogens is 328 g/mol. The molecule has 9 nitrogen and oxygen atoms in total. The van der Waals surface area contributed by atoms with Crippen molar-refractivity contribution in [1.82, 2.24) is 9.62 Å². The summed E-state index contributed by atoms with van der Waals surface area (Å²) >= 11 is 0. The molecule has 0 spiro atoms. The van der Waals surface area contributed by atoms with E-state index >= 15 is 0 Å². The van der Waals surface area contributed by atoms with Gasteiger partial charge in [-0.25, -0.2) is 27.6 Å². The Kier molecular flexibility index (Phi) is 4.96. The Balaban J connectivity index is 2.02. The highest BCUT2D eigenvalue weighted by Crippen LogP contribution is 2.12. The van der Waals surface area contributed by atoms with Gasteiger partial charge in [-0.3, -0.25) is 4.79 Å². The van der Waals surface area contributed by atoms with Crippen LogP contribution in [0.25, 0.3) is 0 Å². The highest BCUT2D eigenvalue weighted by atomic mass is 32.2. The minimum Gasteiger partial charge on any atom is -0.452 e. The third kappa shape index (κ3) is 3.85. The topological polar surface area (TPSA) is 119 Å². The summed E-state index contributed by atoms with van der Waals surface area (Å²) in [5, 5.41) is 0. The molecule has 0 unspecified atom stereocenters. The number of cyclic esters (lactones) is 1. The zero-order valence-electron chi connectivity index (χ0n) is 12.1. The number of nitrogens with one attached hydrogen (secondary N) is 1. The molecule has 0 aromatic heterocycles. The van der Waals surface area contributed by atoms with Gasteiger partial charge >= 0.3 is 12.1 Å². The van der Waals surface area contributed by atoms with Gasteiger partial charge < -0.3 is 9.47 Å². The van der Waals surface area contributed by atoms with Gasteiger partial charge in [0.1, 0.15) is 6.61 Å². The van der Waals surface area contributed by atoms with Gasteiger partial charge in [0.15, 0.2) is 6.61 Å². The average molecular weight is 342 g/mol. The molecular formula is C13H14N2O7S. The van der Waals surface area contributed by atoms with E-state index in [9.17, 15) is 22.8 Å². The van der Waals surface area contributed by atoms with Crippen LogP contribution >= 0.6 is 0 Å². The van der Waals surface area contributed by atoms with E-state index in [1.54, 1.807) is 0 Å². The Morgan fingerprint density at radius 1 is 1.39 bits per heavy atom. The molecule has 1 heterocycles. The molecule has 1 aliphatic rings. The van der Waals surface area contributed by atoms with Crippen LogP contribution in [0, 0.1) is 0 Å². The van der Waals surface area contributed by atoms with Gasteiger partial charge in [-0.2, -0.15) is 0 Å². The van der Waals surface area contributed by atoms with Gasteiger partial charge in [-0.05, 0) is 25.2 Å². The summed E-state index contributed by atoms with van der Waals surface area (Å²) in [6.45, 7) is -0.440. The van der Waals surface area contributed by atoms with Crippen LogP contribution in [-0.4, -0.2) is 58.1 Å². The van der Waals surface area contributed by atoms with E-state index < -0.39 is 34.6 Å². The van der Waals surface area contributed by atoms with Gasteiger partial charge in [0.25, 0.3) is 5.91 Å². The molecule has 2 rings (SSSR count). The van der Waals surface area contributed by atoms with Crippen molar-refractivity contribution in [3.05, 3.63) is 29.8 Å². The second kappa shape index (κ2) is 6.75. The van der Waals surface area contributed by atoms with Crippen molar-refractivity contribution in [2.24, 2.45) is 0 Å². The number of sulfonamides is 1. The van der Waals surface area contributed by atoms with E-state index in [1.807, 2.05) is 0 Å². The Labute approximate surface area is 132 Å². The fraction of sp³-hybridized carbons (Fsp3) is 0.308. The zero-order chi connectivity index (χ0) is 17.0. The molecule has 1 N–H and O–H groups in total. The number of nitrogens with zero attached hydrogens (tertiary/aromatic N) is 1. The third-order valence-electron chi connectivity index (χ3n) is 3.04. The lowest BCUT2D eigenvalue weighted by Crippen LogP contribution is -2.35. The van der Waals surface area contributed by atoms with E-state index in [4.69, 9.17) is 4.74 Å². The first-order valence-electron chi connectivity index (χ1n) is 6.53. The van der Waals surface area contributed by atoms with Crippen LogP contribution in [0.1, 0.15) is 10.4 Å². The van der Waals surface area contributed by atoms with Crippen LogP contribution in [0.2, 0.25) is 0 Å². The maximum Gasteiger partial charge on any atom is 0.416 e. The van der Waals surface area contributed by atoms with Gasteiger partial charge in [0, 0.05) is 0 Å². The quantitative estimate of drug-likeness (QED) is 0.732. The van der Waals surface area contributed by atoms with Crippen molar-refractivity contribution < 1.29 is 32.3 Å². The molecule has 23 heavy (non-hydrogen) atoms. The lowest BCUT2D eigenvalue weighted by molar-refractivity contribution is -0.131. The Hall–Kier alpha value is -2.46. The zero-order valence-corrected chi connectivity index (χ0v) is 13.0. The molecule has 2 amide bonds. The second-order valence-electron chi connectivity index (χ2n) is 4.47. The van der Waals surface area contributed by atoms with Gasteiger partial charge in [0.05, 0.1) is 17.0 Å². The highest BCUT2D eigenvalue weighted by molar-refractivity contribution is 7.89. The lowest BCUT2D eigenvalue weighted by Gasteiger charge is -2.11. The largest absolute Gasteiger partial charge is 0.452 e. The first-order chi connectivity index (χ1) is 10.8. The molecule has 124 valence electrons. The number of esters is 1. The summed E-state index contributed by atoms with van der Waals surface area (Å²) in [6.07, 6.45) is -0.784. The molecule has 1 aliphatic heterocycles. The third-order valence-corrected chi connectivity index (χ3v) is 4.45. The first kappa shape index (κ1) is 16.9. The highest BCUT2D eigenvalue weighted by Gasteiger charge is 2.29. The van der Waals surface area contributed by atoms with Crippen molar-refractivity contribution in [1.29, 1.82) is 0 Å². The molecule has 0 atom stereocenters. The van der Waals surface area contributed by atoms with E-state index in [0.717, 1.165) is 11.0 Å². The summed E-state index contributed by atoms with van der Waals surface area (Å²) in [6, 6.07) is 5.17. The van der Waals surface area contributed by atoms with Crippen LogP contribution in [-0.2, 0) is 24.3 Å².